The highest BCUT2D eigenvalue weighted by molar-refractivity contribution is 9.10. The molecule has 1 fully saturated rings. The normalized spacial score (nSPS) is 29.4. The predicted molar refractivity (Wildman–Crippen MR) is 75.2 cm³/mol. The molecule has 17 heavy (non-hydrogen) atoms. The number of nitrogens with one attached hydrogen (secondary N) is 1. The van der Waals surface area contributed by atoms with Crippen molar-refractivity contribution in [2.45, 2.75) is 31.8 Å². The monoisotopic (exact) mass is 337 g/mol. The zero-order valence-electron chi connectivity index (χ0n) is 9.86. The fourth-order valence-corrected chi connectivity index (χ4v) is 5.83. The van der Waals surface area contributed by atoms with Gasteiger partial charge in [-0.2, -0.15) is 0 Å². The summed E-state index contributed by atoms with van der Waals surface area (Å²) in [6.45, 7) is 4.07. The van der Waals surface area contributed by atoms with Crippen LogP contribution in [0.5, 0.6) is 0 Å². The zero-order valence-corrected chi connectivity index (χ0v) is 13.1. The van der Waals surface area contributed by atoms with Crippen molar-refractivity contribution >= 4 is 37.1 Å². The summed E-state index contributed by atoms with van der Waals surface area (Å²) in [5.74, 6) is 0.550. The first-order valence-electron chi connectivity index (χ1n) is 5.52. The van der Waals surface area contributed by atoms with E-state index < -0.39 is 9.84 Å². The summed E-state index contributed by atoms with van der Waals surface area (Å²) in [4.78, 5) is 1.22. The number of halogens is 1. The molecule has 2 atom stereocenters. The average Bonchev–Trinajstić information content (AvgIpc) is 2.71. The second-order valence-electron chi connectivity index (χ2n) is 4.94. The van der Waals surface area contributed by atoms with Crippen LogP contribution in [-0.4, -0.2) is 25.5 Å². The van der Waals surface area contributed by atoms with Crippen molar-refractivity contribution in [1.29, 1.82) is 0 Å². The summed E-state index contributed by atoms with van der Waals surface area (Å²) in [5.41, 5.74) is -0.283. The number of hydrogen-bond acceptors (Lipinski definition) is 4. The lowest BCUT2D eigenvalue weighted by molar-refractivity contribution is 0.358. The summed E-state index contributed by atoms with van der Waals surface area (Å²) in [7, 11) is -2.84. The first-order valence-corrected chi connectivity index (χ1v) is 9.01. The maximum absolute atomic E-state index is 11.5. The Balaban J connectivity index is 2.07. The molecule has 0 saturated carbocycles. The highest BCUT2D eigenvalue weighted by Crippen LogP contribution is 2.30. The van der Waals surface area contributed by atoms with E-state index in [9.17, 15) is 8.42 Å². The van der Waals surface area contributed by atoms with Crippen LogP contribution in [0.3, 0.4) is 0 Å². The molecule has 1 N–H and O–H groups in total. The summed E-state index contributed by atoms with van der Waals surface area (Å²) < 4.78 is 24.1. The summed E-state index contributed by atoms with van der Waals surface area (Å²) >= 11 is 5.11. The van der Waals surface area contributed by atoms with Crippen LogP contribution in [-0.2, 0) is 9.84 Å². The van der Waals surface area contributed by atoms with Crippen LogP contribution in [0.15, 0.2) is 15.9 Å². The molecule has 0 aromatic carbocycles. The Morgan fingerprint density at radius 3 is 2.76 bits per heavy atom. The van der Waals surface area contributed by atoms with Crippen LogP contribution in [0.2, 0.25) is 0 Å². The van der Waals surface area contributed by atoms with E-state index in [0.29, 0.717) is 12.2 Å². The Labute approximate surface area is 115 Å². The zero-order chi connectivity index (χ0) is 12.7. The third kappa shape index (κ3) is 3.30. The number of sulfone groups is 1. The molecule has 2 rings (SSSR count). The third-order valence-corrected chi connectivity index (χ3v) is 6.86. The van der Waals surface area contributed by atoms with Crippen molar-refractivity contribution < 1.29 is 8.42 Å². The van der Waals surface area contributed by atoms with Crippen molar-refractivity contribution in [2.24, 2.45) is 0 Å². The maximum atomic E-state index is 11.5. The second kappa shape index (κ2) is 4.64. The molecule has 96 valence electrons. The van der Waals surface area contributed by atoms with E-state index in [2.05, 4.69) is 34.2 Å². The Morgan fingerprint density at radius 2 is 2.29 bits per heavy atom. The van der Waals surface area contributed by atoms with Gasteiger partial charge in [0.25, 0.3) is 0 Å². The van der Waals surface area contributed by atoms with Crippen molar-refractivity contribution in [2.75, 3.05) is 11.5 Å². The molecule has 0 spiro atoms. The van der Waals surface area contributed by atoms with Crippen LogP contribution in [0.4, 0.5) is 0 Å². The Kier molecular flexibility index (Phi) is 3.69. The van der Waals surface area contributed by atoms with Crippen LogP contribution in [0, 0.1) is 0 Å². The lowest BCUT2D eigenvalue weighted by atomic mass is 10.0. The number of thiophene rings is 1. The van der Waals surface area contributed by atoms with Crippen LogP contribution < -0.4 is 5.32 Å². The molecule has 0 amide bonds. The Bertz CT molecular complexity index is 511. The molecule has 1 aromatic heterocycles. The molecule has 1 saturated heterocycles. The summed E-state index contributed by atoms with van der Waals surface area (Å²) in [6.07, 6.45) is 0.701. The van der Waals surface area contributed by atoms with E-state index in [1.165, 1.54) is 4.88 Å². The largest absolute Gasteiger partial charge is 0.303 e. The van der Waals surface area contributed by atoms with Crippen molar-refractivity contribution in [3.8, 4) is 0 Å². The quantitative estimate of drug-likeness (QED) is 0.922. The molecule has 6 heteroatoms. The highest BCUT2D eigenvalue weighted by Gasteiger charge is 2.39. The van der Waals surface area contributed by atoms with Crippen molar-refractivity contribution in [3.05, 3.63) is 20.8 Å². The molecule has 1 aliphatic heterocycles. The van der Waals surface area contributed by atoms with Crippen molar-refractivity contribution in [1.82, 2.24) is 5.32 Å². The van der Waals surface area contributed by atoms with Gasteiger partial charge >= 0.3 is 0 Å². The first-order chi connectivity index (χ1) is 7.80. The van der Waals surface area contributed by atoms with E-state index in [4.69, 9.17) is 0 Å². The van der Waals surface area contributed by atoms with Crippen LogP contribution in [0.1, 0.15) is 31.2 Å². The molecule has 1 aliphatic rings. The highest BCUT2D eigenvalue weighted by atomic mass is 79.9. The molecule has 1 aromatic rings. The molecule has 2 heterocycles. The summed E-state index contributed by atoms with van der Waals surface area (Å²) in [5, 5.41) is 5.49. The van der Waals surface area contributed by atoms with Gasteiger partial charge in [0.2, 0.25) is 0 Å². The van der Waals surface area contributed by atoms with Gasteiger partial charge in [-0.05, 0) is 42.3 Å². The topological polar surface area (TPSA) is 46.2 Å². The van der Waals surface area contributed by atoms with Crippen LogP contribution in [0.25, 0.3) is 0 Å². The molecular formula is C11H16BrNO2S2. The van der Waals surface area contributed by atoms with Gasteiger partial charge in [-0.1, -0.05) is 0 Å². The van der Waals surface area contributed by atoms with Gasteiger partial charge < -0.3 is 5.32 Å². The van der Waals surface area contributed by atoms with E-state index >= 15 is 0 Å². The van der Waals surface area contributed by atoms with Gasteiger partial charge in [0, 0.05) is 26.3 Å². The summed E-state index contributed by atoms with van der Waals surface area (Å²) in [6, 6.07) is 2.26. The Morgan fingerprint density at radius 1 is 1.59 bits per heavy atom. The lowest BCUT2D eigenvalue weighted by Crippen LogP contribution is -2.44. The second-order valence-corrected chi connectivity index (χ2v) is 8.98. The predicted octanol–water partition coefficient (Wildman–Crippen LogP) is 2.74. The van der Waals surface area contributed by atoms with E-state index in [1.54, 1.807) is 11.3 Å². The standard InChI is InChI=1S/C11H16BrNO2S2/c1-8(10-5-9(12)6-16-10)13-11(2)3-4-17(14,15)7-11/h5-6,8,13H,3-4,7H2,1-2H3. The molecule has 2 unspecified atom stereocenters. The maximum Gasteiger partial charge on any atom is 0.152 e. The van der Waals surface area contributed by atoms with Gasteiger partial charge in [-0.15, -0.1) is 11.3 Å². The van der Waals surface area contributed by atoms with E-state index in [0.717, 1.165) is 4.47 Å². The van der Waals surface area contributed by atoms with E-state index in [1.807, 2.05) is 12.3 Å². The van der Waals surface area contributed by atoms with E-state index in [-0.39, 0.29) is 17.3 Å². The minimum atomic E-state index is -2.84. The minimum absolute atomic E-state index is 0.185. The van der Waals surface area contributed by atoms with Crippen LogP contribution >= 0.6 is 27.3 Å². The molecular weight excluding hydrogens is 322 g/mol. The van der Waals surface area contributed by atoms with Gasteiger partial charge in [0.1, 0.15) is 0 Å². The Hall–Kier alpha value is 0.0900. The first kappa shape index (κ1) is 13.5. The molecule has 0 aliphatic carbocycles. The molecule has 3 nitrogen and oxygen atoms in total. The lowest BCUT2D eigenvalue weighted by Gasteiger charge is -2.28. The smallest absolute Gasteiger partial charge is 0.152 e. The third-order valence-electron chi connectivity index (χ3n) is 3.08. The van der Waals surface area contributed by atoms with Gasteiger partial charge in [0.05, 0.1) is 11.5 Å². The fraction of sp³-hybridized carbons (Fsp3) is 0.636. The molecule has 0 radical (unpaired) electrons. The van der Waals surface area contributed by atoms with Gasteiger partial charge in [0.15, 0.2) is 9.84 Å². The number of rotatable bonds is 3. The minimum Gasteiger partial charge on any atom is -0.303 e. The van der Waals surface area contributed by atoms with Gasteiger partial charge in [-0.25, -0.2) is 8.42 Å². The number of hydrogen-bond donors (Lipinski definition) is 1. The fourth-order valence-electron chi connectivity index (χ4n) is 2.27. The van der Waals surface area contributed by atoms with Gasteiger partial charge in [-0.3, -0.25) is 0 Å². The average molecular weight is 338 g/mol. The molecule has 0 bridgehead atoms. The van der Waals surface area contributed by atoms with Crippen molar-refractivity contribution in [3.63, 3.8) is 0 Å². The SMILES string of the molecule is CC(NC1(C)CCS(=O)(=O)C1)c1cc(Br)cs1.